The molecule has 1 atom stereocenters. The first-order valence-electron chi connectivity index (χ1n) is 5.57. The van der Waals surface area contributed by atoms with Crippen molar-refractivity contribution in [1.29, 1.82) is 0 Å². The Balaban J connectivity index is 2.84. The van der Waals surface area contributed by atoms with Crippen LogP contribution in [0.15, 0.2) is 0 Å². The van der Waals surface area contributed by atoms with Gasteiger partial charge in [0.15, 0.2) is 0 Å². The van der Waals surface area contributed by atoms with Crippen LogP contribution in [0.1, 0.15) is 34.1 Å². The number of hydrogen-bond acceptors (Lipinski definition) is 2. The van der Waals surface area contributed by atoms with E-state index in [2.05, 4.69) is 0 Å². The number of likely N-dealkylation sites (N-methyl/N-ethyl adjacent to an activating group) is 1. The number of carbonyl (C=O) groups excluding carboxylic acids is 1. The zero-order chi connectivity index (χ0) is 12.5. The first-order chi connectivity index (χ1) is 7.27. The summed E-state index contributed by atoms with van der Waals surface area (Å²) in [6.07, 6.45) is -0.652. The Labute approximate surface area is 96.0 Å². The predicted octanol–water partition coefficient (Wildman–Crippen LogP) is 1.39. The lowest BCUT2D eigenvalue weighted by atomic mass is 10.0. The summed E-state index contributed by atoms with van der Waals surface area (Å²) in [6, 6.07) is -0.218. The zero-order valence-corrected chi connectivity index (χ0v) is 10.4. The Kier molecular flexibility index (Phi) is 3.45. The van der Waals surface area contributed by atoms with E-state index in [0.29, 0.717) is 19.5 Å². The van der Waals surface area contributed by atoms with Crippen LogP contribution < -0.4 is 0 Å². The smallest absolute Gasteiger partial charge is 0.408 e. The second kappa shape index (κ2) is 4.31. The van der Waals surface area contributed by atoms with Crippen LogP contribution in [0.25, 0.3) is 0 Å². The molecule has 16 heavy (non-hydrogen) atoms. The molecule has 5 nitrogen and oxygen atoms in total. The highest BCUT2D eigenvalue weighted by atomic mass is 16.4. The van der Waals surface area contributed by atoms with Crippen LogP contribution in [0.4, 0.5) is 4.79 Å². The van der Waals surface area contributed by atoms with Gasteiger partial charge in [0.25, 0.3) is 0 Å². The first kappa shape index (κ1) is 12.8. The number of hydrogen-bond donors (Lipinski definition) is 1. The van der Waals surface area contributed by atoms with E-state index in [1.54, 1.807) is 4.90 Å². The quantitative estimate of drug-likeness (QED) is 0.776. The number of rotatable bonds is 2. The first-order valence-corrected chi connectivity index (χ1v) is 5.57. The van der Waals surface area contributed by atoms with Crippen LogP contribution in [0.2, 0.25) is 0 Å². The highest BCUT2D eigenvalue weighted by molar-refractivity contribution is 5.80. The van der Waals surface area contributed by atoms with E-state index in [1.807, 2.05) is 27.7 Å². The van der Waals surface area contributed by atoms with Gasteiger partial charge in [-0.15, -0.1) is 0 Å². The fourth-order valence-electron chi connectivity index (χ4n) is 2.22. The molecule has 2 amide bonds. The SMILES string of the molecule is CCN1C[C@@H](N(C(=O)O)C(C)(C)C)CC1=O. The Morgan fingerprint density at radius 2 is 2.12 bits per heavy atom. The third kappa shape index (κ3) is 2.46. The van der Waals surface area contributed by atoms with Gasteiger partial charge in [0.1, 0.15) is 0 Å². The van der Waals surface area contributed by atoms with Crippen molar-refractivity contribution >= 4 is 12.0 Å². The molecule has 0 aliphatic carbocycles. The van der Waals surface area contributed by atoms with Gasteiger partial charge in [0.2, 0.25) is 5.91 Å². The molecule has 0 unspecified atom stereocenters. The summed E-state index contributed by atoms with van der Waals surface area (Å²) in [5.74, 6) is 0.0444. The summed E-state index contributed by atoms with van der Waals surface area (Å²) in [7, 11) is 0. The topological polar surface area (TPSA) is 60.9 Å². The minimum Gasteiger partial charge on any atom is -0.465 e. The lowest BCUT2D eigenvalue weighted by Gasteiger charge is -2.37. The normalized spacial score (nSPS) is 21.4. The van der Waals surface area contributed by atoms with E-state index in [4.69, 9.17) is 0 Å². The average Bonchev–Trinajstić information content (AvgIpc) is 2.43. The summed E-state index contributed by atoms with van der Waals surface area (Å²) in [4.78, 5) is 25.9. The van der Waals surface area contributed by atoms with Gasteiger partial charge in [0.05, 0.1) is 6.04 Å². The molecular weight excluding hydrogens is 208 g/mol. The predicted molar refractivity (Wildman–Crippen MR) is 60.3 cm³/mol. The fraction of sp³-hybridized carbons (Fsp3) is 0.818. The van der Waals surface area contributed by atoms with Crippen LogP contribution in [0.5, 0.6) is 0 Å². The highest BCUT2D eigenvalue weighted by Gasteiger charge is 2.40. The molecule has 92 valence electrons. The molecule has 1 saturated heterocycles. The Morgan fingerprint density at radius 3 is 2.44 bits per heavy atom. The number of carbonyl (C=O) groups is 2. The zero-order valence-electron chi connectivity index (χ0n) is 10.4. The van der Waals surface area contributed by atoms with Crippen LogP contribution in [-0.2, 0) is 4.79 Å². The summed E-state index contributed by atoms with van der Waals surface area (Å²) in [5.41, 5.74) is -0.472. The molecule has 0 aromatic heterocycles. The van der Waals surface area contributed by atoms with Gasteiger partial charge in [-0.05, 0) is 27.7 Å². The molecule has 1 rings (SSSR count). The van der Waals surface area contributed by atoms with E-state index in [9.17, 15) is 14.7 Å². The lowest BCUT2D eigenvalue weighted by molar-refractivity contribution is -0.127. The van der Waals surface area contributed by atoms with Gasteiger partial charge < -0.3 is 10.0 Å². The van der Waals surface area contributed by atoms with Crippen molar-refractivity contribution in [3.63, 3.8) is 0 Å². The Morgan fingerprint density at radius 1 is 1.56 bits per heavy atom. The van der Waals surface area contributed by atoms with Gasteiger partial charge >= 0.3 is 6.09 Å². The molecule has 0 aromatic carbocycles. The van der Waals surface area contributed by atoms with Gasteiger partial charge in [-0.3, -0.25) is 9.69 Å². The maximum atomic E-state index is 11.6. The van der Waals surface area contributed by atoms with Crippen LogP contribution in [0.3, 0.4) is 0 Å². The Hall–Kier alpha value is -1.26. The third-order valence-electron chi connectivity index (χ3n) is 2.87. The summed E-state index contributed by atoms with van der Waals surface area (Å²) in [6.45, 7) is 8.61. The summed E-state index contributed by atoms with van der Waals surface area (Å²) >= 11 is 0. The van der Waals surface area contributed by atoms with Gasteiger partial charge in [0, 0.05) is 25.0 Å². The molecule has 1 aliphatic rings. The van der Waals surface area contributed by atoms with Crippen molar-refractivity contribution in [2.75, 3.05) is 13.1 Å². The molecule has 0 bridgehead atoms. The number of carboxylic acid groups (broad SMARTS) is 1. The van der Waals surface area contributed by atoms with Crippen molar-refractivity contribution in [2.45, 2.75) is 45.7 Å². The lowest BCUT2D eigenvalue weighted by Crippen LogP contribution is -2.52. The van der Waals surface area contributed by atoms with Gasteiger partial charge in [-0.2, -0.15) is 0 Å². The van der Waals surface area contributed by atoms with Crippen molar-refractivity contribution in [3.8, 4) is 0 Å². The molecule has 1 fully saturated rings. The van der Waals surface area contributed by atoms with Crippen molar-refractivity contribution in [3.05, 3.63) is 0 Å². The van der Waals surface area contributed by atoms with E-state index >= 15 is 0 Å². The highest BCUT2D eigenvalue weighted by Crippen LogP contribution is 2.24. The molecular formula is C11H20N2O3. The van der Waals surface area contributed by atoms with Crippen molar-refractivity contribution in [1.82, 2.24) is 9.80 Å². The second-order valence-corrected chi connectivity index (χ2v) is 5.11. The maximum absolute atomic E-state index is 11.6. The number of nitrogens with zero attached hydrogens (tertiary/aromatic N) is 2. The third-order valence-corrected chi connectivity index (χ3v) is 2.87. The van der Waals surface area contributed by atoms with Crippen molar-refractivity contribution < 1.29 is 14.7 Å². The molecule has 0 aromatic rings. The number of amides is 2. The number of likely N-dealkylation sites (tertiary alicyclic amines) is 1. The molecule has 1 heterocycles. The van der Waals surface area contributed by atoms with E-state index < -0.39 is 11.6 Å². The second-order valence-electron chi connectivity index (χ2n) is 5.11. The van der Waals surface area contributed by atoms with E-state index in [0.717, 1.165) is 0 Å². The molecule has 0 radical (unpaired) electrons. The fourth-order valence-corrected chi connectivity index (χ4v) is 2.22. The molecule has 0 spiro atoms. The minimum atomic E-state index is -0.955. The standard InChI is InChI=1S/C11H20N2O3/c1-5-12-7-8(6-9(12)14)13(10(15)16)11(2,3)4/h8H,5-7H2,1-4H3,(H,15,16)/t8-/m0/s1. The van der Waals surface area contributed by atoms with Gasteiger partial charge in [-0.1, -0.05) is 0 Å². The maximum Gasteiger partial charge on any atom is 0.408 e. The summed E-state index contributed by atoms with van der Waals surface area (Å²) in [5, 5.41) is 9.21. The van der Waals surface area contributed by atoms with Gasteiger partial charge in [-0.25, -0.2) is 4.79 Å². The molecule has 0 saturated carbocycles. The summed E-state index contributed by atoms with van der Waals surface area (Å²) < 4.78 is 0. The van der Waals surface area contributed by atoms with E-state index in [-0.39, 0.29) is 11.9 Å². The minimum absolute atomic E-state index is 0.0444. The monoisotopic (exact) mass is 228 g/mol. The van der Waals surface area contributed by atoms with Crippen LogP contribution in [0, 0.1) is 0 Å². The largest absolute Gasteiger partial charge is 0.465 e. The molecule has 1 aliphatic heterocycles. The van der Waals surface area contributed by atoms with Crippen molar-refractivity contribution in [2.24, 2.45) is 0 Å². The van der Waals surface area contributed by atoms with Crippen LogP contribution in [-0.4, -0.2) is 51.6 Å². The molecule has 5 heteroatoms. The molecule has 1 N–H and O–H groups in total. The average molecular weight is 228 g/mol. The van der Waals surface area contributed by atoms with Crippen LogP contribution >= 0.6 is 0 Å². The van der Waals surface area contributed by atoms with E-state index in [1.165, 1.54) is 4.90 Å². The Bertz CT molecular complexity index is 296.